The maximum absolute atomic E-state index is 11.7. The number of unbranched alkanes of at least 4 members (excludes halogenated alkanes) is 2. The molecule has 0 amide bonds. The van der Waals surface area contributed by atoms with E-state index in [4.69, 9.17) is 0 Å². The van der Waals surface area contributed by atoms with Crippen LogP contribution < -0.4 is 0 Å². The monoisotopic (exact) mass is 441 g/mol. The fraction of sp³-hybridized carbons (Fsp3) is 0.379. The molecule has 0 spiro atoms. The lowest BCUT2D eigenvalue weighted by Gasteiger charge is -2.36. The summed E-state index contributed by atoms with van der Waals surface area (Å²) in [6.45, 7) is 11.2. The molecule has 33 heavy (non-hydrogen) atoms. The van der Waals surface area contributed by atoms with Crippen molar-refractivity contribution in [1.82, 2.24) is 15.0 Å². The summed E-state index contributed by atoms with van der Waals surface area (Å²) in [6, 6.07) is 22.5. The summed E-state index contributed by atoms with van der Waals surface area (Å²) in [7, 11) is 0. The first-order valence-corrected chi connectivity index (χ1v) is 12.0. The molecule has 0 atom stereocenters. The van der Waals surface area contributed by atoms with E-state index in [1.165, 1.54) is 18.4 Å². The van der Waals surface area contributed by atoms with E-state index in [1.54, 1.807) is 4.80 Å². The summed E-state index contributed by atoms with van der Waals surface area (Å²) in [5.41, 5.74) is 5.14. The molecule has 4 heteroatoms. The van der Waals surface area contributed by atoms with Crippen molar-refractivity contribution in [2.75, 3.05) is 0 Å². The van der Waals surface area contributed by atoms with Crippen molar-refractivity contribution >= 4 is 11.0 Å². The van der Waals surface area contributed by atoms with Crippen molar-refractivity contribution in [3.63, 3.8) is 0 Å². The molecule has 0 bridgehead atoms. The van der Waals surface area contributed by atoms with Crippen molar-refractivity contribution in [2.24, 2.45) is 0 Å². The first kappa shape index (κ1) is 23.0. The van der Waals surface area contributed by atoms with Gasteiger partial charge in [-0.15, -0.1) is 15.0 Å². The van der Waals surface area contributed by atoms with Crippen molar-refractivity contribution in [2.45, 2.75) is 71.1 Å². The molecule has 4 aromatic rings. The van der Waals surface area contributed by atoms with E-state index in [0.29, 0.717) is 5.69 Å². The number of hydrogen-bond donors (Lipinski definition) is 1. The highest BCUT2D eigenvalue weighted by Gasteiger charge is 2.35. The zero-order valence-electron chi connectivity index (χ0n) is 20.5. The van der Waals surface area contributed by atoms with Crippen LogP contribution in [0.4, 0.5) is 0 Å². The number of hydrogen-bond acceptors (Lipinski definition) is 3. The predicted molar refractivity (Wildman–Crippen MR) is 136 cm³/mol. The topological polar surface area (TPSA) is 50.9 Å². The van der Waals surface area contributed by atoms with E-state index < -0.39 is 0 Å². The molecule has 0 aliphatic rings. The van der Waals surface area contributed by atoms with Gasteiger partial charge in [0.2, 0.25) is 0 Å². The van der Waals surface area contributed by atoms with E-state index in [9.17, 15) is 5.11 Å². The van der Waals surface area contributed by atoms with Gasteiger partial charge in [0, 0.05) is 11.0 Å². The molecule has 1 aromatic heterocycles. The number of rotatable bonds is 8. The Labute approximate surface area is 197 Å². The van der Waals surface area contributed by atoms with Gasteiger partial charge in [-0.25, -0.2) is 0 Å². The zero-order chi connectivity index (χ0) is 23.6. The van der Waals surface area contributed by atoms with Gasteiger partial charge in [0.25, 0.3) is 0 Å². The molecule has 0 aliphatic carbocycles. The third kappa shape index (κ3) is 4.39. The van der Waals surface area contributed by atoms with Gasteiger partial charge in [-0.3, -0.25) is 0 Å². The number of aromatic nitrogens is 3. The highest BCUT2D eigenvalue weighted by Crippen LogP contribution is 2.46. The number of fused-ring (bicyclic) bond motifs is 1. The second-order valence-electron chi connectivity index (χ2n) is 10.2. The Kier molecular flexibility index (Phi) is 6.29. The number of benzene rings is 3. The number of aromatic hydroxyl groups is 1. The van der Waals surface area contributed by atoms with Gasteiger partial charge in [-0.2, -0.15) is 0 Å². The Morgan fingerprint density at radius 1 is 0.788 bits per heavy atom. The molecule has 0 fully saturated rings. The van der Waals surface area contributed by atoms with Crippen LogP contribution in [0, 0.1) is 0 Å². The fourth-order valence-corrected chi connectivity index (χ4v) is 4.87. The summed E-state index contributed by atoms with van der Waals surface area (Å²) in [5.74, 6) is 0.276. The number of phenols is 1. The molecule has 0 radical (unpaired) electrons. The summed E-state index contributed by atoms with van der Waals surface area (Å²) >= 11 is 0. The minimum atomic E-state index is -0.267. The van der Waals surface area contributed by atoms with Crippen molar-refractivity contribution in [3.8, 4) is 11.4 Å². The van der Waals surface area contributed by atoms with Gasteiger partial charge in [-0.05, 0) is 41.2 Å². The Balaban J connectivity index is 1.91. The molecule has 4 nitrogen and oxygen atoms in total. The summed E-state index contributed by atoms with van der Waals surface area (Å²) in [4.78, 5) is 1.57. The molecule has 4 rings (SSSR count). The SMILES string of the molecule is CCCCCC(C)(C)c1c(C(C)(C)c2ccccc2)ccc(-n2nc3ccccc3n2)c1O. The zero-order valence-corrected chi connectivity index (χ0v) is 20.5. The maximum atomic E-state index is 11.7. The molecule has 0 saturated heterocycles. The van der Waals surface area contributed by atoms with E-state index in [-0.39, 0.29) is 16.6 Å². The fourth-order valence-electron chi connectivity index (χ4n) is 4.87. The van der Waals surface area contributed by atoms with E-state index >= 15 is 0 Å². The van der Waals surface area contributed by atoms with E-state index in [2.05, 4.69) is 75.1 Å². The van der Waals surface area contributed by atoms with Gasteiger partial charge < -0.3 is 5.11 Å². The first-order valence-electron chi connectivity index (χ1n) is 12.0. The van der Waals surface area contributed by atoms with Gasteiger partial charge in [0.05, 0.1) is 0 Å². The van der Waals surface area contributed by atoms with Crippen LogP contribution >= 0.6 is 0 Å². The molecule has 0 unspecified atom stereocenters. The third-order valence-corrected chi connectivity index (χ3v) is 6.91. The smallest absolute Gasteiger partial charge is 0.147 e. The molecule has 1 heterocycles. The van der Waals surface area contributed by atoms with Crippen LogP contribution in [0.25, 0.3) is 16.7 Å². The lowest BCUT2D eigenvalue weighted by Crippen LogP contribution is -2.28. The average Bonchev–Trinajstić information content (AvgIpc) is 3.23. The predicted octanol–water partition coefficient (Wildman–Crippen LogP) is 7.31. The van der Waals surface area contributed by atoms with Gasteiger partial charge in [-0.1, -0.05) is 102 Å². The minimum absolute atomic E-state index is 0.205. The van der Waals surface area contributed by atoms with Crippen LogP contribution in [-0.2, 0) is 10.8 Å². The lowest BCUT2D eigenvalue weighted by atomic mass is 9.68. The van der Waals surface area contributed by atoms with Crippen molar-refractivity contribution < 1.29 is 5.11 Å². The first-order chi connectivity index (χ1) is 15.8. The van der Waals surface area contributed by atoms with Gasteiger partial charge in [0.15, 0.2) is 0 Å². The molecule has 1 N–H and O–H groups in total. The van der Waals surface area contributed by atoms with E-state index in [1.807, 2.05) is 36.4 Å². The number of nitrogens with zero attached hydrogens (tertiary/aromatic N) is 3. The Morgan fingerprint density at radius 3 is 2.00 bits per heavy atom. The average molecular weight is 442 g/mol. The van der Waals surface area contributed by atoms with Crippen molar-refractivity contribution in [1.29, 1.82) is 0 Å². The molecule has 3 aromatic carbocycles. The van der Waals surface area contributed by atoms with Crippen LogP contribution in [0.2, 0.25) is 0 Å². The van der Waals surface area contributed by atoms with Crippen LogP contribution in [0.15, 0.2) is 66.7 Å². The summed E-state index contributed by atoms with van der Waals surface area (Å²) in [5, 5.41) is 21.0. The highest BCUT2D eigenvalue weighted by atomic mass is 16.3. The minimum Gasteiger partial charge on any atom is -0.505 e. The Morgan fingerprint density at radius 2 is 1.39 bits per heavy atom. The van der Waals surface area contributed by atoms with Crippen molar-refractivity contribution in [3.05, 3.63) is 83.4 Å². The largest absolute Gasteiger partial charge is 0.505 e. The summed E-state index contributed by atoms with van der Waals surface area (Å²) < 4.78 is 0. The van der Waals surface area contributed by atoms with Crippen LogP contribution in [-0.4, -0.2) is 20.1 Å². The van der Waals surface area contributed by atoms with E-state index in [0.717, 1.165) is 35.0 Å². The molecular weight excluding hydrogens is 406 g/mol. The Bertz CT molecular complexity index is 1210. The Hall–Kier alpha value is -3.14. The van der Waals surface area contributed by atoms with Gasteiger partial charge >= 0.3 is 0 Å². The molecule has 0 aliphatic heterocycles. The third-order valence-electron chi connectivity index (χ3n) is 6.91. The normalized spacial score (nSPS) is 12.4. The van der Waals surface area contributed by atoms with Crippen LogP contribution in [0.5, 0.6) is 5.75 Å². The number of phenolic OH excluding ortho intramolecular Hbond substituents is 1. The van der Waals surface area contributed by atoms with Gasteiger partial charge in [0.1, 0.15) is 22.5 Å². The highest BCUT2D eigenvalue weighted by molar-refractivity contribution is 5.74. The lowest BCUT2D eigenvalue weighted by molar-refractivity contribution is 0.396. The molecular formula is C29H35N3O. The van der Waals surface area contributed by atoms with Crippen LogP contribution in [0.3, 0.4) is 0 Å². The standard InChI is InChI=1S/C29H35N3O/c1-6-7-13-20-28(2,3)26-22(29(4,5)21-14-9-8-10-15-21)18-19-25(27(26)33)32-30-23-16-11-12-17-24(23)31-32/h8-12,14-19,33H,6-7,13,20H2,1-5H3. The quantitative estimate of drug-likeness (QED) is 0.292. The molecule has 0 saturated carbocycles. The second-order valence-corrected chi connectivity index (χ2v) is 10.2. The maximum Gasteiger partial charge on any atom is 0.147 e. The van der Waals surface area contributed by atoms with Crippen LogP contribution in [0.1, 0.15) is 77.0 Å². The molecule has 172 valence electrons. The summed E-state index contributed by atoms with van der Waals surface area (Å²) in [6.07, 6.45) is 4.49. The second kappa shape index (κ2) is 9.01.